The van der Waals surface area contributed by atoms with Crippen molar-refractivity contribution < 1.29 is 34.8 Å². The van der Waals surface area contributed by atoms with E-state index in [0.717, 1.165) is 24.6 Å². The largest absolute Gasteiger partial charge is 0.478 e. The standard InChI is InChI=1S/C9H6O6.C3H8O/c10-7(11)4-1-5(8(12)13)3-6(2-4)9(14)15;1-2-3-4/h1-3H,(H,10,11)(H,12,13)(H,14,15);4H,2-3H2,1H3. The van der Waals surface area contributed by atoms with E-state index in [0.29, 0.717) is 6.61 Å². The zero-order chi connectivity index (χ0) is 15.0. The van der Waals surface area contributed by atoms with Crippen LogP contribution >= 0.6 is 0 Å². The molecule has 0 amide bonds. The van der Waals surface area contributed by atoms with E-state index in [1.54, 1.807) is 0 Å². The molecule has 0 aliphatic carbocycles. The summed E-state index contributed by atoms with van der Waals surface area (Å²) in [4.78, 5) is 31.7. The van der Waals surface area contributed by atoms with E-state index in [-0.39, 0.29) is 16.7 Å². The topological polar surface area (TPSA) is 132 Å². The van der Waals surface area contributed by atoms with E-state index >= 15 is 0 Å². The van der Waals surface area contributed by atoms with Crippen LogP contribution in [0, 0.1) is 0 Å². The van der Waals surface area contributed by atoms with E-state index in [1.807, 2.05) is 6.92 Å². The first-order chi connectivity index (χ1) is 8.83. The maximum Gasteiger partial charge on any atom is 0.335 e. The molecule has 0 heterocycles. The van der Waals surface area contributed by atoms with Gasteiger partial charge in [-0.15, -0.1) is 0 Å². The third-order valence-corrected chi connectivity index (χ3v) is 1.90. The van der Waals surface area contributed by atoms with Crippen molar-refractivity contribution >= 4 is 17.9 Å². The van der Waals surface area contributed by atoms with Gasteiger partial charge >= 0.3 is 17.9 Å². The number of benzene rings is 1. The number of hydrogen-bond donors (Lipinski definition) is 4. The maximum atomic E-state index is 10.6. The fourth-order valence-corrected chi connectivity index (χ4v) is 0.998. The van der Waals surface area contributed by atoms with Crippen molar-refractivity contribution in [1.82, 2.24) is 0 Å². The van der Waals surface area contributed by atoms with Crippen molar-refractivity contribution in [2.24, 2.45) is 0 Å². The third-order valence-electron chi connectivity index (χ3n) is 1.90. The number of aliphatic hydroxyl groups is 1. The van der Waals surface area contributed by atoms with Gasteiger partial charge in [0.1, 0.15) is 0 Å². The molecule has 0 aliphatic heterocycles. The summed E-state index contributed by atoms with van der Waals surface area (Å²) in [6.07, 6.45) is 0.875. The quantitative estimate of drug-likeness (QED) is 0.645. The Morgan fingerprint density at radius 3 is 1.16 bits per heavy atom. The molecule has 7 nitrogen and oxygen atoms in total. The van der Waals surface area contributed by atoms with Gasteiger partial charge in [-0.2, -0.15) is 0 Å². The normalized spacial score (nSPS) is 9.16. The highest BCUT2D eigenvalue weighted by Gasteiger charge is 2.14. The first-order valence-corrected chi connectivity index (χ1v) is 5.29. The number of aromatic carboxylic acids is 3. The van der Waals surface area contributed by atoms with Crippen molar-refractivity contribution in [3.05, 3.63) is 34.9 Å². The lowest BCUT2D eigenvalue weighted by atomic mass is 10.1. The molecule has 0 radical (unpaired) electrons. The molecule has 1 rings (SSSR count). The average molecular weight is 270 g/mol. The highest BCUT2D eigenvalue weighted by Crippen LogP contribution is 2.11. The molecule has 4 N–H and O–H groups in total. The van der Waals surface area contributed by atoms with Crippen LogP contribution in [-0.2, 0) is 0 Å². The molecule has 0 bridgehead atoms. The van der Waals surface area contributed by atoms with Crippen molar-refractivity contribution in [2.75, 3.05) is 6.61 Å². The number of aliphatic hydroxyl groups excluding tert-OH is 1. The molecule has 0 unspecified atom stereocenters. The summed E-state index contributed by atoms with van der Waals surface area (Å²) in [7, 11) is 0. The van der Waals surface area contributed by atoms with Gasteiger partial charge in [0.2, 0.25) is 0 Å². The molecule has 0 spiro atoms. The second kappa shape index (κ2) is 7.83. The summed E-state index contributed by atoms with van der Waals surface area (Å²) in [5, 5.41) is 33.7. The van der Waals surface area contributed by atoms with Crippen LogP contribution in [0.5, 0.6) is 0 Å². The van der Waals surface area contributed by atoms with E-state index in [9.17, 15) is 14.4 Å². The van der Waals surface area contributed by atoms with Gasteiger partial charge in [-0.3, -0.25) is 0 Å². The van der Waals surface area contributed by atoms with Gasteiger partial charge in [-0.25, -0.2) is 14.4 Å². The van der Waals surface area contributed by atoms with Crippen LogP contribution < -0.4 is 0 Å². The minimum atomic E-state index is -1.37. The fourth-order valence-electron chi connectivity index (χ4n) is 0.998. The van der Waals surface area contributed by atoms with E-state index in [4.69, 9.17) is 20.4 Å². The highest BCUT2D eigenvalue weighted by atomic mass is 16.4. The zero-order valence-corrected chi connectivity index (χ0v) is 10.2. The Morgan fingerprint density at radius 2 is 1.05 bits per heavy atom. The zero-order valence-electron chi connectivity index (χ0n) is 10.2. The van der Waals surface area contributed by atoms with Crippen LogP contribution in [0.3, 0.4) is 0 Å². The first kappa shape index (κ1) is 16.6. The van der Waals surface area contributed by atoms with Gasteiger partial charge in [0.05, 0.1) is 16.7 Å². The Labute approximate surface area is 108 Å². The number of hydrogen-bond acceptors (Lipinski definition) is 4. The van der Waals surface area contributed by atoms with Crippen LogP contribution in [0.25, 0.3) is 0 Å². The van der Waals surface area contributed by atoms with Crippen LogP contribution in [-0.4, -0.2) is 44.9 Å². The van der Waals surface area contributed by atoms with E-state index in [2.05, 4.69) is 0 Å². The van der Waals surface area contributed by atoms with Crippen LogP contribution in [0.1, 0.15) is 44.4 Å². The lowest BCUT2D eigenvalue weighted by Gasteiger charge is -2.00. The summed E-state index contributed by atoms with van der Waals surface area (Å²) >= 11 is 0. The lowest BCUT2D eigenvalue weighted by Crippen LogP contribution is -2.07. The second-order valence-corrected chi connectivity index (χ2v) is 3.44. The van der Waals surface area contributed by atoms with Gasteiger partial charge in [-0.1, -0.05) is 6.92 Å². The molecule has 0 atom stereocenters. The van der Waals surface area contributed by atoms with Gasteiger partial charge in [-0.05, 0) is 24.6 Å². The Hall–Kier alpha value is -2.41. The van der Waals surface area contributed by atoms with Crippen molar-refractivity contribution in [3.8, 4) is 0 Å². The van der Waals surface area contributed by atoms with E-state index < -0.39 is 17.9 Å². The van der Waals surface area contributed by atoms with Gasteiger partial charge in [0.25, 0.3) is 0 Å². The van der Waals surface area contributed by atoms with Gasteiger partial charge < -0.3 is 20.4 Å². The maximum absolute atomic E-state index is 10.6. The number of rotatable bonds is 4. The summed E-state index contributed by atoms with van der Waals surface area (Å²) in [5.41, 5.74) is -1.10. The smallest absolute Gasteiger partial charge is 0.335 e. The molecule has 0 aliphatic rings. The van der Waals surface area contributed by atoms with Crippen molar-refractivity contribution in [3.63, 3.8) is 0 Å². The molecule has 0 saturated carbocycles. The van der Waals surface area contributed by atoms with Crippen LogP contribution in [0.2, 0.25) is 0 Å². The van der Waals surface area contributed by atoms with Crippen molar-refractivity contribution in [1.29, 1.82) is 0 Å². The molecule has 104 valence electrons. The number of carboxylic acids is 3. The third kappa shape index (κ3) is 5.64. The molecule has 0 saturated heterocycles. The minimum Gasteiger partial charge on any atom is -0.478 e. The molecule has 1 aromatic carbocycles. The molecule has 7 heteroatoms. The summed E-state index contributed by atoms with van der Waals surface area (Å²) < 4.78 is 0. The van der Waals surface area contributed by atoms with Gasteiger partial charge in [0.15, 0.2) is 0 Å². The Morgan fingerprint density at radius 1 is 0.842 bits per heavy atom. The lowest BCUT2D eigenvalue weighted by molar-refractivity contribution is 0.0696. The molecule has 1 aromatic rings. The highest BCUT2D eigenvalue weighted by molar-refractivity contribution is 5.98. The summed E-state index contributed by atoms with van der Waals surface area (Å²) in [6.45, 7) is 2.25. The first-order valence-electron chi connectivity index (χ1n) is 5.29. The van der Waals surface area contributed by atoms with E-state index in [1.165, 1.54) is 0 Å². The molecular weight excluding hydrogens is 256 g/mol. The Kier molecular flexibility index (Phi) is 6.83. The number of carbonyl (C=O) groups is 3. The Bertz CT molecular complexity index is 398. The second-order valence-electron chi connectivity index (χ2n) is 3.44. The molecular formula is C12H14O7. The molecule has 0 aromatic heterocycles. The van der Waals surface area contributed by atoms with Crippen LogP contribution in [0.15, 0.2) is 18.2 Å². The summed E-state index contributed by atoms with van der Waals surface area (Å²) in [6, 6.07) is 2.70. The predicted molar refractivity (Wildman–Crippen MR) is 64.7 cm³/mol. The summed E-state index contributed by atoms with van der Waals surface area (Å²) in [5.74, 6) is -4.12. The number of carboxylic acid groups (broad SMARTS) is 3. The van der Waals surface area contributed by atoms with Gasteiger partial charge in [0, 0.05) is 6.61 Å². The molecule has 19 heavy (non-hydrogen) atoms. The SMILES string of the molecule is CCCO.O=C(O)c1cc(C(=O)O)cc(C(=O)O)c1. The monoisotopic (exact) mass is 270 g/mol. The fraction of sp³-hybridized carbons (Fsp3) is 0.250. The van der Waals surface area contributed by atoms with Crippen LogP contribution in [0.4, 0.5) is 0 Å². The predicted octanol–water partition coefficient (Wildman–Crippen LogP) is 1.17. The average Bonchev–Trinajstić information content (AvgIpc) is 2.38. The Balaban J connectivity index is 0.000000711. The molecule has 0 fully saturated rings. The minimum absolute atomic E-state index is 0.319. The van der Waals surface area contributed by atoms with Crippen molar-refractivity contribution in [2.45, 2.75) is 13.3 Å².